The SMILES string of the molecule is O=C(c1cc2ccccc2nc1N1CCCC1)N1CCC1. The summed E-state index contributed by atoms with van der Waals surface area (Å²) < 4.78 is 0. The van der Waals surface area contributed by atoms with Crippen LogP contribution in [-0.4, -0.2) is 42.0 Å². The zero-order valence-electron chi connectivity index (χ0n) is 12.1. The van der Waals surface area contributed by atoms with E-state index in [2.05, 4.69) is 4.90 Å². The Bertz CT molecular complexity index is 687. The molecule has 1 aromatic carbocycles. The molecule has 21 heavy (non-hydrogen) atoms. The lowest BCUT2D eigenvalue weighted by Crippen LogP contribution is -2.42. The van der Waals surface area contributed by atoms with Gasteiger partial charge < -0.3 is 9.80 Å². The smallest absolute Gasteiger partial charge is 0.257 e. The number of fused-ring (bicyclic) bond motifs is 1. The minimum absolute atomic E-state index is 0.140. The Morgan fingerprint density at radius 1 is 1.00 bits per heavy atom. The molecule has 0 N–H and O–H groups in total. The lowest BCUT2D eigenvalue weighted by Gasteiger charge is -2.32. The highest BCUT2D eigenvalue weighted by Crippen LogP contribution is 2.28. The molecule has 0 aliphatic carbocycles. The number of likely N-dealkylation sites (tertiary alicyclic amines) is 1. The minimum atomic E-state index is 0.140. The molecule has 3 heterocycles. The standard InChI is InChI=1S/C17H19N3O/c21-17(20-10-5-11-20)14-12-13-6-1-2-7-15(13)18-16(14)19-8-3-4-9-19/h1-2,6-7,12H,3-5,8-11H2. The number of anilines is 1. The molecular formula is C17H19N3O. The van der Waals surface area contributed by atoms with Crippen LogP contribution in [0.5, 0.6) is 0 Å². The zero-order chi connectivity index (χ0) is 14.2. The molecule has 0 unspecified atom stereocenters. The van der Waals surface area contributed by atoms with E-state index in [0.717, 1.165) is 54.9 Å². The lowest BCUT2D eigenvalue weighted by atomic mass is 10.1. The van der Waals surface area contributed by atoms with Crippen molar-refractivity contribution >= 4 is 22.6 Å². The van der Waals surface area contributed by atoms with Gasteiger partial charge in [-0.1, -0.05) is 18.2 Å². The van der Waals surface area contributed by atoms with Gasteiger partial charge in [-0.05, 0) is 31.4 Å². The van der Waals surface area contributed by atoms with E-state index in [1.807, 2.05) is 35.2 Å². The number of para-hydroxylation sites is 1. The maximum Gasteiger partial charge on any atom is 0.257 e. The van der Waals surface area contributed by atoms with Crippen molar-refractivity contribution in [2.45, 2.75) is 19.3 Å². The van der Waals surface area contributed by atoms with Crippen LogP contribution in [0.15, 0.2) is 30.3 Å². The lowest BCUT2D eigenvalue weighted by molar-refractivity contribution is 0.0652. The van der Waals surface area contributed by atoms with Crippen molar-refractivity contribution in [2.75, 3.05) is 31.1 Å². The molecule has 0 bridgehead atoms. The van der Waals surface area contributed by atoms with Crippen molar-refractivity contribution in [3.05, 3.63) is 35.9 Å². The molecule has 4 rings (SSSR count). The van der Waals surface area contributed by atoms with Gasteiger partial charge >= 0.3 is 0 Å². The number of hydrogen-bond donors (Lipinski definition) is 0. The summed E-state index contributed by atoms with van der Waals surface area (Å²) in [5.41, 5.74) is 1.75. The Morgan fingerprint density at radius 2 is 1.76 bits per heavy atom. The Hall–Kier alpha value is -2.10. The molecule has 2 saturated heterocycles. The van der Waals surface area contributed by atoms with Crippen molar-refractivity contribution in [2.24, 2.45) is 0 Å². The van der Waals surface area contributed by atoms with Crippen LogP contribution in [0.25, 0.3) is 10.9 Å². The predicted molar refractivity (Wildman–Crippen MR) is 83.7 cm³/mol. The fourth-order valence-corrected chi connectivity index (χ4v) is 3.12. The van der Waals surface area contributed by atoms with Crippen LogP contribution in [0, 0.1) is 0 Å². The molecule has 1 amide bonds. The van der Waals surface area contributed by atoms with Crippen molar-refractivity contribution in [1.29, 1.82) is 0 Å². The number of carbonyl (C=O) groups excluding carboxylic acids is 1. The molecular weight excluding hydrogens is 262 g/mol. The number of pyridine rings is 1. The van der Waals surface area contributed by atoms with Crippen molar-refractivity contribution < 1.29 is 4.79 Å². The summed E-state index contributed by atoms with van der Waals surface area (Å²) in [7, 11) is 0. The molecule has 1 aromatic heterocycles. The number of hydrogen-bond acceptors (Lipinski definition) is 3. The normalized spacial score (nSPS) is 18.1. The van der Waals surface area contributed by atoms with Gasteiger partial charge in [-0.3, -0.25) is 4.79 Å². The van der Waals surface area contributed by atoms with Gasteiger partial charge in [-0.25, -0.2) is 4.98 Å². The van der Waals surface area contributed by atoms with Gasteiger partial charge in [0.05, 0.1) is 11.1 Å². The topological polar surface area (TPSA) is 36.4 Å². The van der Waals surface area contributed by atoms with Gasteiger partial charge in [-0.2, -0.15) is 0 Å². The van der Waals surface area contributed by atoms with Gasteiger partial charge in [0.1, 0.15) is 5.82 Å². The summed E-state index contributed by atoms with van der Waals surface area (Å²) in [5.74, 6) is 1.02. The molecule has 108 valence electrons. The van der Waals surface area contributed by atoms with Crippen molar-refractivity contribution in [1.82, 2.24) is 9.88 Å². The van der Waals surface area contributed by atoms with Crippen LogP contribution in [0.2, 0.25) is 0 Å². The first-order valence-corrected chi connectivity index (χ1v) is 7.77. The number of amides is 1. The second-order valence-corrected chi connectivity index (χ2v) is 5.89. The van der Waals surface area contributed by atoms with E-state index in [0.29, 0.717) is 0 Å². The summed E-state index contributed by atoms with van der Waals surface area (Å²) in [6.45, 7) is 3.77. The summed E-state index contributed by atoms with van der Waals surface area (Å²) in [6.07, 6.45) is 3.49. The quantitative estimate of drug-likeness (QED) is 0.849. The first-order chi connectivity index (χ1) is 10.3. The fourth-order valence-electron chi connectivity index (χ4n) is 3.12. The van der Waals surface area contributed by atoms with Crippen LogP contribution >= 0.6 is 0 Å². The van der Waals surface area contributed by atoms with Crippen LogP contribution in [0.1, 0.15) is 29.6 Å². The zero-order valence-corrected chi connectivity index (χ0v) is 12.1. The van der Waals surface area contributed by atoms with E-state index in [4.69, 9.17) is 4.98 Å². The first kappa shape index (κ1) is 12.6. The molecule has 0 atom stereocenters. The van der Waals surface area contributed by atoms with Crippen LogP contribution in [0.3, 0.4) is 0 Å². The van der Waals surface area contributed by atoms with Gasteiger partial charge in [0.25, 0.3) is 5.91 Å². The third-order valence-electron chi connectivity index (χ3n) is 4.48. The Balaban J connectivity index is 1.84. The Kier molecular flexibility index (Phi) is 3.02. The molecule has 0 radical (unpaired) electrons. The van der Waals surface area contributed by atoms with Gasteiger partial charge in [0.2, 0.25) is 0 Å². The number of carbonyl (C=O) groups is 1. The van der Waals surface area contributed by atoms with Gasteiger partial charge in [0.15, 0.2) is 0 Å². The molecule has 2 aromatic rings. The van der Waals surface area contributed by atoms with E-state index in [1.54, 1.807) is 0 Å². The predicted octanol–water partition coefficient (Wildman–Crippen LogP) is 2.68. The molecule has 4 nitrogen and oxygen atoms in total. The maximum atomic E-state index is 12.7. The second kappa shape index (κ2) is 5.02. The number of rotatable bonds is 2. The minimum Gasteiger partial charge on any atom is -0.356 e. The maximum absolute atomic E-state index is 12.7. The molecule has 2 fully saturated rings. The van der Waals surface area contributed by atoms with Crippen LogP contribution in [0.4, 0.5) is 5.82 Å². The first-order valence-electron chi connectivity index (χ1n) is 7.77. The van der Waals surface area contributed by atoms with Crippen LogP contribution in [-0.2, 0) is 0 Å². The van der Waals surface area contributed by atoms with Gasteiger partial charge in [-0.15, -0.1) is 0 Å². The number of benzene rings is 1. The molecule has 2 aliphatic heterocycles. The molecule has 0 spiro atoms. The van der Waals surface area contributed by atoms with E-state index in [9.17, 15) is 4.79 Å². The second-order valence-electron chi connectivity index (χ2n) is 5.89. The largest absolute Gasteiger partial charge is 0.356 e. The average Bonchev–Trinajstić information content (AvgIpc) is 2.98. The number of aromatic nitrogens is 1. The molecule has 2 aliphatic rings. The highest BCUT2D eigenvalue weighted by Gasteiger charge is 2.27. The molecule has 0 saturated carbocycles. The Morgan fingerprint density at radius 3 is 2.48 bits per heavy atom. The van der Waals surface area contributed by atoms with E-state index in [1.165, 1.54) is 12.8 Å². The van der Waals surface area contributed by atoms with Crippen molar-refractivity contribution in [3.8, 4) is 0 Å². The van der Waals surface area contributed by atoms with E-state index < -0.39 is 0 Å². The average molecular weight is 281 g/mol. The Labute approximate surface area is 124 Å². The van der Waals surface area contributed by atoms with E-state index >= 15 is 0 Å². The van der Waals surface area contributed by atoms with Crippen molar-refractivity contribution in [3.63, 3.8) is 0 Å². The molecule has 4 heteroatoms. The third kappa shape index (κ3) is 2.15. The van der Waals surface area contributed by atoms with Gasteiger partial charge in [0, 0.05) is 31.6 Å². The summed E-state index contributed by atoms with van der Waals surface area (Å²) in [6, 6.07) is 10.1. The monoisotopic (exact) mass is 281 g/mol. The fraction of sp³-hybridized carbons (Fsp3) is 0.412. The summed E-state index contributed by atoms with van der Waals surface area (Å²) in [4.78, 5) is 21.7. The summed E-state index contributed by atoms with van der Waals surface area (Å²) >= 11 is 0. The number of nitrogens with zero attached hydrogens (tertiary/aromatic N) is 3. The highest BCUT2D eigenvalue weighted by atomic mass is 16.2. The highest BCUT2D eigenvalue weighted by molar-refractivity contribution is 6.02. The third-order valence-corrected chi connectivity index (χ3v) is 4.48. The summed E-state index contributed by atoms with van der Waals surface area (Å²) in [5, 5.41) is 1.05. The van der Waals surface area contributed by atoms with E-state index in [-0.39, 0.29) is 5.91 Å². The van der Waals surface area contributed by atoms with Crippen LogP contribution < -0.4 is 4.90 Å².